The van der Waals surface area contributed by atoms with Crippen LogP contribution in [-0.4, -0.2) is 25.5 Å². The molecule has 0 fully saturated rings. The van der Waals surface area contributed by atoms with Crippen LogP contribution in [0.2, 0.25) is 0 Å². The minimum atomic E-state index is -0.393. The zero-order valence-corrected chi connectivity index (χ0v) is 13.4. The molecule has 0 aliphatic rings. The van der Waals surface area contributed by atoms with E-state index in [0.717, 1.165) is 5.56 Å². The van der Waals surface area contributed by atoms with Gasteiger partial charge in [-0.15, -0.1) is 0 Å². The second kappa shape index (κ2) is 8.67. The number of urea groups is 1. The highest BCUT2D eigenvalue weighted by Crippen LogP contribution is 2.15. The van der Waals surface area contributed by atoms with Gasteiger partial charge in [0.2, 0.25) is 5.91 Å². The summed E-state index contributed by atoms with van der Waals surface area (Å²) in [4.78, 5) is 23.5. The second-order valence-electron chi connectivity index (χ2n) is 5.23. The summed E-state index contributed by atoms with van der Waals surface area (Å²) in [6, 6.07) is 13.2. The van der Waals surface area contributed by atoms with Crippen LogP contribution < -0.4 is 16.0 Å². The van der Waals surface area contributed by atoms with Gasteiger partial charge in [0.25, 0.3) is 0 Å². The first-order valence-electron chi connectivity index (χ1n) is 7.67. The topological polar surface area (TPSA) is 70.2 Å². The zero-order chi connectivity index (χ0) is 17.4. The number of halogens is 1. The predicted octanol–water partition coefficient (Wildman–Crippen LogP) is 2.48. The van der Waals surface area contributed by atoms with Gasteiger partial charge >= 0.3 is 6.03 Å². The first-order chi connectivity index (χ1) is 11.6. The number of likely N-dealkylation sites (N-methyl/N-ethyl adjacent to an activating group) is 1. The van der Waals surface area contributed by atoms with E-state index in [2.05, 4.69) is 16.0 Å². The molecule has 0 saturated heterocycles. The molecule has 0 aromatic heterocycles. The van der Waals surface area contributed by atoms with Crippen LogP contribution >= 0.6 is 0 Å². The summed E-state index contributed by atoms with van der Waals surface area (Å²) in [6.07, 6.45) is 0.585. The summed E-state index contributed by atoms with van der Waals surface area (Å²) in [7, 11) is 1.56. The van der Waals surface area contributed by atoms with Crippen LogP contribution in [0.1, 0.15) is 11.1 Å². The van der Waals surface area contributed by atoms with Gasteiger partial charge in [-0.2, -0.15) is 0 Å². The van der Waals surface area contributed by atoms with Crippen molar-refractivity contribution in [1.82, 2.24) is 10.6 Å². The average Bonchev–Trinajstić information content (AvgIpc) is 2.58. The van der Waals surface area contributed by atoms with E-state index in [-0.39, 0.29) is 18.1 Å². The number of nitrogens with one attached hydrogen (secondary N) is 3. The predicted molar refractivity (Wildman–Crippen MR) is 91.3 cm³/mol. The SMILES string of the molecule is CNC(=O)Cc1ccccc1NC(=O)NCCc1ccccc1F. The Balaban J connectivity index is 1.88. The lowest BCUT2D eigenvalue weighted by molar-refractivity contribution is -0.119. The van der Waals surface area contributed by atoms with Gasteiger partial charge in [-0.3, -0.25) is 4.79 Å². The minimum Gasteiger partial charge on any atom is -0.359 e. The molecule has 0 aliphatic carbocycles. The first kappa shape index (κ1) is 17.5. The Kier molecular flexibility index (Phi) is 6.31. The molecule has 2 aromatic rings. The molecule has 0 atom stereocenters. The van der Waals surface area contributed by atoms with Gasteiger partial charge < -0.3 is 16.0 Å². The van der Waals surface area contributed by atoms with E-state index in [1.807, 2.05) is 0 Å². The maximum atomic E-state index is 13.5. The third-order valence-electron chi connectivity index (χ3n) is 3.53. The lowest BCUT2D eigenvalue weighted by Crippen LogP contribution is -2.31. The highest BCUT2D eigenvalue weighted by atomic mass is 19.1. The molecule has 0 bridgehead atoms. The maximum Gasteiger partial charge on any atom is 0.319 e. The van der Waals surface area contributed by atoms with Gasteiger partial charge in [-0.05, 0) is 29.7 Å². The number of rotatable bonds is 6. The van der Waals surface area contributed by atoms with Crippen LogP contribution in [0.5, 0.6) is 0 Å². The van der Waals surface area contributed by atoms with Crippen LogP contribution in [0.3, 0.4) is 0 Å². The molecular weight excluding hydrogens is 309 g/mol. The molecule has 6 heteroatoms. The third kappa shape index (κ3) is 5.08. The van der Waals surface area contributed by atoms with E-state index < -0.39 is 6.03 Å². The molecule has 126 valence electrons. The van der Waals surface area contributed by atoms with Crippen molar-refractivity contribution < 1.29 is 14.0 Å². The number of carbonyl (C=O) groups is 2. The molecule has 0 radical (unpaired) electrons. The van der Waals surface area contributed by atoms with E-state index in [1.165, 1.54) is 6.07 Å². The van der Waals surface area contributed by atoms with Crippen LogP contribution in [0.4, 0.5) is 14.9 Å². The minimum absolute atomic E-state index is 0.135. The Morgan fingerprint density at radius 3 is 2.38 bits per heavy atom. The van der Waals surface area contributed by atoms with E-state index >= 15 is 0 Å². The van der Waals surface area contributed by atoms with Crippen molar-refractivity contribution >= 4 is 17.6 Å². The van der Waals surface area contributed by atoms with Crippen molar-refractivity contribution in [2.24, 2.45) is 0 Å². The molecule has 0 saturated carbocycles. The third-order valence-corrected chi connectivity index (χ3v) is 3.53. The Hall–Kier alpha value is -2.89. The smallest absolute Gasteiger partial charge is 0.319 e. The number of hydrogen-bond donors (Lipinski definition) is 3. The molecular formula is C18H20FN3O2. The fraction of sp³-hybridized carbons (Fsp3) is 0.222. The van der Waals surface area contributed by atoms with Crippen molar-refractivity contribution in [1.29, 1.82) is 0 Å². The number of anilines is 1. The van der Waals surface area contributed by atoms with Crippen LogP contribution in [0, 0.1) is 5.82 Å². The summed E-state index contributed by atoms with van der Waals surface area (Å²) < 4.78 is 13.5. The van der Waals surface area contributed by atoms with Gasteiger partial charge in [0.15, 0.2) is 0 Å². The van der Waals surface area contributed by atoms with Crippen LogP contribution in [-0.2, 0) is 17.6 Å². The summed E-state index contributed by atoms with van der Waals surface area (Å²) in [5, 5.41) is 7.95. The van der Waals surface area contributed by atoms with Crippen molar-refractivity contribution in [3.05, 3.63) is 65.5 Å². The second-order valence-corrected chi connectivity index (χ2v) is 5.23. The fourth-order valence-corrected chi connectivity index (χ4v) is 2.24. The Bertz CT molecular complexity index is 719. The zero-order valence-electron chi connectivity index (χ0n) is 13.4. The van der Waals surface area contributed by atoms with Gasteiger partial charge in [0.1, 0.15) is 5.82 Å². The van der Waals surface area contributed by atoms with Crippen molar-refractivity contribution in [2.75, 3.05) is 18.9 Å². The van der Waals surface area contributed by atoms with E-state index in [4.69, 9.17) is 0 Å². The number of benzene rings is 2. The molecule has 3 amide bonds. The Labute approximate surface area is 140 Å². The number of para-hydroxylation sites is 1. The number of hydrogen-bond acceptors (Lipinski definition) is 2. The number of carbonyl (C=O) groups excluding carboxylic acids is 2. The lowest BCUT2D eigenvalue weighted by atomic mass is 10.1. The quantitative estimate of drug-likeness (QED) is 0.762. The fourth-order valence-electron chi connectivity index (χ4n) is 2.24. The first-order valence-corrected chi connectivity index (χ1v) is 7.67. The Morgan fingerprint density at radius 1 is 1.00 bits per heavy atom. The van der Waals surface area contributed by atoms with Crippen molar-refractivity contribution in [3.8, 4) is 0 Å². The summed E-state index contributed by atoms with van der Waals surface area (Å²) in [5.41, 5.74) is 1.85. The molecule has 2 aromatic carbocycles. The van der Waals surface area contributed by atoms with Gasteiger partial charge in [0, 0.05) is 19.3 Å². The summed E-state index contributed by atoms with van der Waals surface area (Å²) in [5.74, 6) is -0.417. The van der Waals surface area contributed by atoms with Gasteiger partial charge in [-0.25, -0.2) is 9.18 Å². The lowest BCUT2D eigenvalue weighted by Gasteiger charge is -2.12. The largest absolute Gasteiger partial charge is 0.359 e. The van der Waals surface area contributed by atoms with Gasteiger partial charge in [0.05, 0.1) is 6.42 Å². The standard InChI is InChI=1S/C18H20FN3O2/c1-20-17(23)12-14-7-3-5-9-16(14)22-18(24)21-11-10-13-6-2-4-8-15(13)19/h2-9H,10-12H2,1H3,(H,20,23)(H2,21,22,24). The van der Waals surface area contributed by atoms with Gasteiger partial charge in [-0.1, -0.05) is 36.4 Å². The summed E-state index contributed by atoms with van der Waals surface area (Å²) in [6.45, 7) is 0.310. The maximum absolute atomic E-state index is 13.5. The normalized spacial score (nSPS) is 10.1. The molecule has 0 aliphatic heterocycles. The molecule has 24 heavy (non-hydrogen) atoms. The molecule has 2 rings (SSSR count). The van der Waals surface area contributed by atoms with E-state index in [9.17, 15) is 14.0 Å². The monoisotopic (exact) mass is 329 g/mol. The number of amides is 3. The highest BCUT2D eigenvalue weighted by Gasteiger charge is 2.09. The molecule has 0 heterocycles. The highest BCUT2D eigenvalue weighted by molar-refractivity contribution is 5.91. The Morgan fingerprint density at radius 2 is 1.67 bits per heavy atom. The molecule has 3 N–H and O–H groups in total. The molecule has 0 unspecified atom stereocenters. The summed E-state index contributed by atoms with van der Waals surface area (Å²) >= 11 is 0. The van der Waals surface area contributed by atoms with Crippen LogP contribution in [0.15, 0.2) is 48.5 Å². The average molecular weight is 329 g/mol. The van der Waals surface area contributed by atoms with Crippen LogP contribution in [0.25, 0.3) is 0 Å². The van der Waals surface area contributed by atoms with E-state index in [1.54, 1.807) is 49.5 Å². The van der Waals surface area contributed by atoms with E-state index in [0.29, 0.717) is 24.2 Å². The molecule has 0 spiro atoms. The molecule has 5 nitrogen and oxygen atoms in total. The van der Waals surface area contributed by atoms with Crippen molar-refractivity contribution in [3.63, 3.8) is 0 Å². The van der Waals surface area contributed by atoms with Crippen molar-refractivity contribution in [2.45, 2.75) is 12.8 Å².